The summed E-state index contributed by atoms with van der Waals surface area (Å²) in [6.07, 6.45) is 18.0. The predicted octanol–water partition coefficient (Wildman–Crippen LogP) is 6.38. The van der Waals surface area contributed by atoms with Crippen molar-refractivity contribution in [3.63, 3.8) is 0 Å². The zero-order valence-electron chi connectivity index (χ0n) is 18.9. The average Bonchev–Trinajstić information content (AvgIpc) is 3.02. The second-order valence-corrected chi connectivity index (χ2v) is 11.1. The number of allylic oxidation sites excluding steroid dienone is 4. The molecule has 0 aromatic carbocycles. The summed E-state index contributed by atoms with van der Waals surface area (Å²) < 4.78 is 0. The van der Waals surface area contributed by atoms with Gasteiger partial charge in [0, 0.05) is 26.4 Å². The summed E-state index contributed by atoms with van der Waals surface area (Å²) >= 11 is 0. The molecule has 4 aliphatic carbocycles. The normalized spacial score (nSPS) is 40.5. The number of hydrogen-bond acceptors (Lipinski definition) is 1. The number of carbonyl (C=O) groups excluding carboxylic acids is 1. The Morgan fingerprint density at radius 1 is 1.14 bits per heavy atom. The summed E-state index contributed by atoms with van der Waals surface area (Å²) in [5, 5.41) is 0. The highest BCUT2D eigenvalue weighted by Gasteiger charge is 2.53. The highest BCUT2D eigenvalue weighted by molar-refractivity contribution is 5.75. The number of amides is 1. The molecule has 1 amide bonds. The first-order valence-electron chi connectivity index (χ1n) is 11.9. The van der Waals surface area contributed by atoms with Crippen molar-refractivity contribution in [2.45, 2.75) is 85.0 Å². The van der Waals surface area contributed by atoms with Crippen LogP contribution < -0.4 is 0 Å². The summed E-state index contributed by atoms with van der Waals surface area (Å²) in [4.78, 5) is 13.8. The van der Waals surface area contributed by atoms with E-state index in [2.05, 4.69) is 32.9 Å². The van der Waals surface area contributed by atoms with Crippen LogP contribution in [0.4, 0.5) is 0 Å². The summed E-state index contributed by atoms with van der Waals surface area (Å²) in [6, 6.07) is 0. The van der Waals surface area contributed by atoms with Crippen molar-refractivity contribution in [1.29, 1.82) is 0 Å². The largest absolute Gasteiger partial charge is 0.349 e. The third-order valence-electron chi connectivity index (χ3n) is 9.44. The Balaban J connectivity index is 1.54. The molecule has 0 bridgehead atoms. The van der Waals surface area contributed by atoms with Gasteiger partial charge in [-0.25, -0.2) is 0 Å². The van der Waals surface area contributed by atoms with Gasteiger partial charge in [-0.3, -0.25) is 4.79 Å². The number of hydrogen-bond donors (Lipinski definition) is 0. The van der Waals surface area contributed by atoms with Crippen LogP contribution >= 0.6 is 0 Å². The van der Waals surface area contributed by atoms with E-state index in [1.54, 1.807) is 4.90 Å². The van der Waals surface area contributed by atoms with E-state index in [4.69, 9.17) is 0 Å². The quantitative estimate of drug-likeness (QED) is 0.516. The van der Waals surface area contributed by atoms with Gasteiger partial charge in [-0.1, -0.05) is 56.9 Å². The molecule has 2 nitrogen and oxygen atoms in total. The number of carbonyl (C=O) groups is 1. The van der Waals surface area contributed by atoms with E-state index >= 15 is 0 Å². The summed E-state index contributed by atoms with van der Waals surface area (Å²) in [6.45, 7) is 7.56. The van der Waals surface area contributed by atoms with Gasteiger partial charge in [0.2, 0.25) is 5.91 Å². The Kier molecular flexibility index (Phi) is 5.30. The van der Waals surface area contributed by atoms with Crippen LogP contribution in [-0.2, 0) is 4.79 Å². The molecular formula is C26H41NO. The SMILES string of the molecule is C[C@H](CCC(=O)N(C)C)[C@H]1C=C[C@@H]2C3=C(CC[C@@]21C)[C@@]1(C)CCCCC1CC3. The molecule has 156 valence electrons. The maximum absolute atomic E-state index is 12.1. The lowest BCUT2D eigenvalue weighted by Crippen LogP contribution is -2.44. The van der Waals surface area contributed by atoms with Crippen LogP contribution in [0.2, 0.25) is 0 Å². The molecule has 0 heterocycles. The van der Waals surface area contributed by atoms with Gasteiger partial charge in [0.1, 0.15) is 0 Å². The smallest absolute Gasteiger partial charge is 0.222 e. The van der Waals surface area contributed by atoms with Crippen molar-refractivity contribution in [3.8, 4) is 0 Å². The molecule has 28 heavy (non-hydrogen) atoms. The van der Waals surface area contributed by atoms with Crippen LogP contribution in [0.1, 0.15) is 85.0 Å². The molecule has 0 saturated heterocycles. The van der Waals surface area contributed by atoms with Gasteiger partial charge in [0.15, 0.2) is 0 Å². The first kappa shape index (κ1) is 20.2. The molecule has 0 radical (unpaired) electrons. The second-order valence-electron chi connectivity index (χ2n) is 11.1. The Bertz CT molecular complexity index is 689. The van der Waals surface area contributed by atoms with Crippen molar-refractivity contribution in [2.75, 3.05) is 14.1 Å². The first-order valence-corrected chi connectivity index (χ1v) is 11.9. The minimum atomic E-state index is 0.271. The third-order valence-corrected chi connectivity index (χ3v) is 9.44. The summed E-state index contributed by atoms with van der Waals surface area (Å²) in [5.74, 6) is 3.08. The Labute approximate surface area is 172 Å². The van der Waals surface area contributed by atoms with Crippen LogP contribution in [0, 0.1) is 34.5 Å². The highest BCUT2D eigenvalue weighted by Crippen LogP contribution is 2.64. The zero-order chi connectivity index (χ0) is 20.1. The van der Waals surface area contributed by atoms with Gasteiger partial charge in [0.05, 0.1) is 0 Å². The van der Waals surface area contributed by atoms with Crippen LogP contribution in [0.15, 0.2) is 23.3 Å². The summed E-state index contributed by atoms with van der Waals surface area (Å²) in [7, 11) is 3.74. The fourth-order valence-corrected chi connectivity index (χ4v) is 7.61. The maximum Gasteiger partial charge on any atom is 0.222 e. The minimum Gasteiger partial charge on any atom is -0.349 e. The van der Waals surface area contributed by atoms with Gasteiger partial charge in [-0.05, 0) is 73.5 Å². The fourth-order valence-electron chi connectivity index (χ4n) is 7.61. The molecule has 1 saturated carbocycles. The van der Waals surface area contributed by atoms with Crippen molar-refractivity contribution in [2.24, 2.45) is 34.5 Å². The molecule has 4 aliphatic rings. The maximum atomic E-state index is 12.1. The Morgan fingerprint density at radius 2 is 1.93 bits per heavy atom. The van der Waals surface area contributed by atoms with E-state index in [1.807, 2.05) is 25.2 Å². The lowest BCUT2D eigenvalue weighted by Gasteiger charge is -2.54. The minimum absolute atomic E-state index is 0.271. The molecular weight excluding hydrogens is 342 g/mol. The lowest BCUT2D eigenvalue weighted by molar-refractivity contribution is -0.129. The molecule has 0 aromatic heterocycles. The first-order chi connectivity index (χ1) is 13.3. The van der Waals surface area contributed by atoms with Crippen molar-refractivity contribution in [1.82, 2.24) is 4.90 Å². The highest BCUT2D eigenvalue weighted by atomic mass is 16.2. The number of fused-ring (bicyclic) bond motifs is 4. The molecule has 0 N–H and O–H groups in total. The molecule has 1 unspecified atom stereocenters. The predicted molar refractivity (Wildman–Crippen MR) is 117 cm³/mol. The third kappa shape index (κ3) is 3.10. The van der Waals surface area contributed by atoms with E-state index in [0.29, 0.717) is 35.0 Å². The van der Waals surface area contributed by atoms with E-state index in [1.165, 1.54) is 51.4 Å². The average molecular weight is 384 g/mol. The van der Waals surface area contributed by atoms with E-state index in [0.717, 1.165) is 12.3 Å². The lowest BCUT2D eigenvalue weighted by atomic mass is 9.50. The van der Waals surface area contributed by atoms with Gasteiger partial charge >= 0.3 is 0 Å². The summed E-state index contributed by atoms with van der Waals surface area (Å²) in [5.41, 5.74) is 4.59. The van der Waals surface area contributed by atoms with Gasteiger partial charge in [-0.15, -0.1) is 0 Å². The molecule has 6 atom stereocenters. The van der Waals surface area contributed by atoms with E-state index < -0.39 is 0 Å². The van der Waals surface area contributed by atoms with Crippen molar-refractivity contribution in [3.05, 3.63) is 23.3 Å². The topological polar surface area (TPSA) is 20.3 Å². The van der Waals surface area contributed by atoms with Gasteiger partial charge in [-0.2, -0.15) is 0 Å². The van der Waals surface area contributed by atoms with Gasteiger partial charge < -0.3 is 4.90 Å². The van der Waals surface area contributed by atoms with E-state index in [9.17, 15) is 4.79 Å². The van der Waals surface area contributed by atoms with Crippen molar-refractivity contribution >= 4 is 5.91 Å². The molecule has 1 fully saturated rings. The van der Waals surface area contributed by atoms with Crippen LogP contribution in [-0.4, -0.2) is 24.9 Å². The van der Waals surface area contributed by atoms with Gasteiger partial charge in [0.25, 0.3) is 0 Å². The number of rotatable bonds is 4. The van der Waals surface area contributed by atoms with Crippen LogP contribution in [0.5, 0.6) is 0 Å². The molecule has 0 spiro atoms. The van der Waals surface area contributed by atoms with Crippen LogP contribution in [0.3, 0.4) is 0 Å². The van der Waals surface area contributed by atoms with Crippen LogP contribution in [0.25, 0.3) is 0 Å². The zero-order valence-corrected chi connectivity index (χ0v) is 18.9. The standard InChI is InChI=1S/C26H41NO/c1-18(9-14-24(28)27(4)5)21-12-13-22-20-11-10-19-8-6-7-16-25(19,2)23(20)15-17-26(21,22)3/h12-13,18-19,21-22H,6-11,14-17H2,1-5H3/t18-,19?,21-,22-,25+,26-/m1/s1. The number of nitrogens with zero attached hydrogens (tertiary/aromatic N) is 1. The molecule has 0 aromatic rings. The molecule has 4 rings (SSSR count). The Hall–Kier alpha value is -1.05. The second kappa shape index (κ2) is 7.33. The Morgan fingerprint density at radius 3 is 2.68 bits per heavy atom. The van der Waals surface area contributed by atoms with Crippen molar-refractivity contribution < 1.29 is 4.79 Å². The molecule has 2 heteroatoms. The van der Waals surface area contributed by atoms with E-state index in [-0.39, 0.29) is 5.91 Å². The fraction of sp³-hybridized carbons (Fsp3) is 0.808. The molecule has 0 aliphatic heterocycles. The monoisotopic (exact) mass is 383 g/mol.